The first-order chi connectivity index (χ1) is 8.16. The molecule has 0 unspecified atom stereocenters. The molecule has 1 aliphatic rings. The molecule has 0 aliphatic carbocycles. The first kappa shape index (κ1) is 11.6. The first-order valence-corrected chi connectivity index (χ1v) is 5.79. The summed E-state index contributed by atoms with van der Waals surface area (Å²) < 4.78 is 0. The lowest BCUT2D eigenvalue weighted by Crippen LogP contribution is -2.34. The van der Waals surface area contributed by atoms with Gasteiger partial charge in [-0.1, -0.05) is 17.7 Å². The lowest BCUT2D eigenvalue weighted by molar-refractivity contribution is -0.120. The van der Waals surface area contributed by atoms with Crippen molar-refractivity contribution in [3.8, 4) is 0 Å². The van der Waals surface area contributed by atoms with Gasteiger partial charge in [-0.15, -0.1) is 0 Å². The predicted octanol–water partition coefficient (Wildman–Crippen LogP) is 0.957. The highest BCUT2D eigenvalue weighted by atomic mass is 16.2. The van der Waals surface area contributed by atoms with Crippen molar-refractivity contribution in [1.82, 2.24) is 10.2 Å². The normalized spacial score (nSPS) is 16.3. The third kappa shape index (κ3) is 2.84. The smallest absolute Gasteiger partial charge is 0.253 e. The van der Waals surface area contributed by atoms with Gasteiger partial charge in [-0.2, -0.15) is 0 Å². The van der Waals surface area contributed by atoms with Gasteiger partial charge in [-0.05, 0) is 19.1 Å². The van der Waals surface area contributed by atoms with E-state index in [0.29, 0.717) is 31.6 Å². The highest BCUT2D eigenvalue weighted by Crippen LogP contribution is 2.09. The van der Waals surface area contributed by atoms with E-state index in [0.717, 1.165) is 5.56 Å². The van der Waals surface area contributed by atoms with Crippen LogP contribution in [0.4, 0.5) is 0 Å². The van der Waals surface area contributed by atoms with Crippen LogP contribution in [0, 0.1) is 6.92 Å². The Morgan fingerprint density at radius 3 is 2.94 bits per heavy atom. The van der Waals surface area contributed by atoms with Gasteiger partial charge in [0.15, 0.2) is 0 Å². The zero-order chi connectivity index (χ0) is 12.3. The van der Waals surface area contributed by atoms with Crippen LogP contribution < -0.4 is 5.32 Å². The zero-order valence-corrected chi connectivity index (χ0v) is 9.90. The van der Waals surface area contributed by atoms with Crippen LogP contribution in [0.1, 0.15) is 22.3 Å². The highest BCUT2D eigenvalue weighted by molar-refractivity contribution is 5.94. The first-order valence-electron chi connectivity index (χ1n) is 5.79. The van der Waals surface area contributed by atoms with E-state index < -0.39 is 0 Å². The third-order valence-electron chi connectivity index (χ3n) is 2.86. The van der Waals surface area contributed by atoms with Crippen molar-refractivity contribution in [2.75, 3.05) is 19.6 Å². The SMILES string of the molecule is Cc1cccc(C(=O)N2CCNC(=O)CC2)c1. The van der Waals surface area contributed by atoms with E-state index in [1.54, 1.807) is 4.90 Å². The van der Waals surface area contributed by atoms with Crippen LogP contribution in [0.15, 0.2) is 24.3 Å². The molecule has 0 saturated carbocycles. The topological polar surface area (TPSA) is 49.4 Å². The Morgan fingerprint density at radius 2 is 2.18 bits per heavy atom. The molecular weight excluding hydrogens is 216 g/mol. The predicted molar refractivity (Wildman–Crippen MR) is 64.7 cm³/mol. The number of aryl methyl sites for hydroxylation is 1. The van der Waals surface area contributed by atoms with Crippen molar-refractivity contribution < 1.29 is 9.59 Å². The molecule has 1 aromatic rings. The number of carbonyl (C=O) groups excluding carboxylic acids is 2. The molecule has 1 N–H and O–H groups in total. The molecule has 4 nitrogen and oxygen atoms in total. The molecular formula is C13H16N2O2. The Balaban J connectivity index is 2.11. The van der Waals surface area contributed by atoms with E-state index in [1.165, 1.54) is 0 Å². The Labute approximate surface area is 101 Å². The van der Waals surface area contributed by atoms with E-state index in [9.17, 15) is 9.59 Å². The molecule has 4 heteroatoms. The summed E-state index contributed by atoms with van der Waals surface area (Å²) in [6.07, 6.45) is 0.386. The maximum absolute atomic E-state index is 12.2. The number of carbonyl (C=O) groups is 2. The fraction of sp³-hybridized carbons (Fsp3) is 0.385. The van der Waals surface area contributed by atoms with Crippen LogP contribution >= 0.6 is 0 Å². The van der Waals surface area contributed by atoms with E-state index in [1.807, 2.05) is 31.2 Å². The van der Waals surface area contributed by atoms with Gasteiger partial charge in [-0.3, -0.25) is 9.59 Å². The van der Waals surface area contributed by atoms with Crippen molar-refractivity contribution in [2.45, 2.75) is 13.3 Å². The fourth-order valence-electron chi connectivity index (χ4n) is 1.93. The third-order valence-corrected chi connectivity index (χ3v) is 2.86. The fourth-order valence-corrected chi connectivity index (χ4v) is 1.93. The molecule has 1 aromatic carbocycles. The molecule has 1 saturated heterocycles. The second kappa shape index (κ2) is 4.99. The molecule has 0 bridgehead atoms. The number of amides is 2. The van der Waals surface area contributed by atoms with Crippen LogP contribution in [0.2, 0.25) is 0 Å². The van der Waals surface area contributed by atoms with Gasteiger partial charge in [0.25, 0.3) is 5.91 Å². The van der Waals surface area contributed by atoms with Gasteiger partial charge in [0.1, 0.15) is 0 Å². The number of nitrogens with one attached hydrogen (secondary N) is 1. The van der Waals surface area contributed by atoms with Gasteiger partial charge in [0.05, 0.1) is 0 Å². The minimum Gasteiger partial charge on any atom is -0.354 e. The Hall–Kier alpha value is -1.84. The molecule has 0 aromatic heterocycles. The van der Waals surface area contributed by atoms with Gasteiger partial charge in [0, 0.05) is 31.6 Å². The maximum Gasteiger partial charge on any atom is 0.253 e. The summed E-state index contributed by atoms with van der Waals surface area (Å²) in [7, 11) is 0. The minimum absolute atomic E-state index is 0.00481. The van der Waals surface area contributed by atoms with Crippen molar-refractivity contribution in [2.24, 2.45) is 0 Å². The summed E-state index contributed by atoms with van der Waals surface area (Å²) in [6, 6.07) is 7.53. The average molecular weight is 232 g/mol. The Bertz CT molecular complexity index is 443. The van der Waals surface area contributed by atoms with E-state index in [4.69, 9.17) is 0 Å². The molecule has 0 radical (unpaired) electrons. The molecule has 17 heavy (non-hydrogen) atoms. The highest BCUT2D eigenvalue weighted by Gasteiger charge is 2.19. The maximum atomic E-state index is 12.2. The van der Waals surface area contributed by atoms with Crippen molar-refractivity contribution in [3.05, 3.63) is 35.4 Å². The largest absolute Gasteiger partial charge is 0.354 e. The van der Waals surface area contributed by atoms with Gasteiger partial charge < -0.3 is 10.2 Å². The summed E-state index contributed by atoms with van der Waals surface area (Å²) in [5.41, 5.74) is 1.76. The summed E-state index contributed by atoms with van der Waals surface area (Å²) >= 11 is 0. The number of hydrogen-bond donors (Lipinski definition) is 1. The second-order valence-electron chi connectivity index (χ2n) is 4.26. The summed E-state index contributed by atoms with van der Waals surface area (Å²) in [4.78, 5) is 25.1. The van der Waals surface area contributed by atoms with Gasteiger partial charge in [0.2, 0.25) is 5.91 Å². The quantitative estimate of drug-likeness (QED) is 0.784. The standard InChI is InChI=1S/C13H16N2O2/c1-10-3-2-4-11(9-10)13(17)15-7-5-12(16)14-6-8-15/h2-4,9H,5-8H2,1H3,(H,14,16). The van der Waals surface area contributed by atoms with Crippen LogP contribution in [0.25, 0.3) is 0 Å². The summed E-state index contributed by atoms with van der Waals surface area (Å²) in [6.45, 7) is 3.58. The van der Waals surface area contributed by atoms with E-state index >= 15 is 0 Å². The molecule has 90 valence electrons. The average Bonchev–Trinajstić information content (AvgIpc) is 2.53. The van der Waals surface area contributed by atoms with Gasteiger partial charge >= 0.3 is 0 Å². The Morgan fingerprint density at radius 1 is 1.35 bits per heavy atom. The van der Waals surface area contributed by atoms with E-state index in [-0.39, 0.29) is 11.8 Å². The van der Waals surface area contributed by atoms with Crippen molar-refractivity contribution in [1.29, 1.82) is 0 Å². The number of nitrogens with zero attached hydrogens (tertiary/aromatic N) is 1. The summed E-state index contributed by atoms with van der Waals surface area (Å²) in [5.74, 6) is 0.0229. The minimum atomic E-state index is 0.00481. The second-order valence-corrected chi connectivity index (χ2v) is 4.26. The van der Waals surface area contributed by atoms with Crippen LogP contribution in [0.3, 0.4) is 0 Å². The molecule has 0 atom stereocenters. The van der Waals surface area contributed by atoms with Gasteiger partial charge in [-0.25, -0.2) is 0 Å². The van der Waals surface area contributed by atoms with Crippen molar-refractivity contribution >= 4 is 11.8 Å². The molecule has 2 amide bonds. The molecule has 2 rings (SSSR count). The molecule has 1 aliphatic heterocycles. The Kier molecular flexibility index (Phi) is 3.42. The number of rotatable bonds is 1. The van der Waals surface area contributed by atoms with Crippen LogP contribution in [-0.2, 0) is 4.79 Å². The number of benzene rings is 1. The van der Waals surface area contributed by atoms with Crippen LogP contribution in [-0.4, -0.2) is 36.3 Å². The lowest BCUT2D eigenvalue weighted by atomic mass is 10.1. The lowest BCUT2D eigenvalue weighted by Gasteiger charge is -2.19. The molecule has 1 heterocycles. The summed E-state index contributed by atoms with van der Waals surface area (Å²) in [5, 5.41) is 2.76. The monoisotopic (exact) mass is 232 g/mol. The van der Waals surface area contributed by atoms with E-state index in [2.05, 4.69) is 5.32 Å². The zero-order valence-electron chi connectivity index (χ0n) is 9.90. The molecule has 0 spiro atoms. The number of hydrogen-bond acceptors (Lipinski definition) is 2. The molecule has 1 fully saturated rings. The van der Waals surface area contributed by atoms with Crippen LogP contribution in [0.5, 0.6) is 0 Å². The van der Waals surface area contributed by atoms with Crippen molar-refractivity contribution in [3.63, 3.8) is 0 Å².